The van der Waals surface area contributed by atoms with E-state index in [1.54, 1.807) is 31.9 Å². The van der Waals surface area contributed by atoms with Crippen LogP contribution in [0.4, 0.5) is 26.3 Å². The van der Waals surface area contributed by atoms with Crippen LogP contribution >= 0.6 is 31.9 Å². The van der Waals surface area contributed by atoms with Gasteiger partial charge in [-0.2, -0.15) is 26.3 Å². The molecule has 0 atom stereocenters. The molecule has 0 nitrogen and oxygen atoms in total. The largest absolute Gasteiger partial charge is 0.423 e. The van der Waals surface area contributed by atoms with Crippen LogP contribution in [0.2, 0.25) is 0 Å². The van der Waals surface area contributed by atoms with Crippen molar-refractivity contribution in [2.45, 2.75) is 12.4 Å². The van der Waals surface area contributed by atoms with Crippen LogP contribution in [-0.2, 0) is 0 Å². The number of alkyl halides is 6. The molecule has 0 bridgehead atoms. The summed E-state index contributed by atoms with van der Waals surface area (Å²) >= 11 is 3.57. The third kappa shape index (κ3) is 3.34. The highest BCUT2D eigenvalue weighted by Gasteiger charge is 2.43. The maximum Gasteiger partial charge on any atom is 0.423 e. The van der Waals surface area contributed by atoms with E-state index in [9.17, 15) is 26.3 Å². The number of hydrogen-bond donors (Lipinski definition) is 0. The lowest BCUT2D eigenvalue weighted by Gasteiger charge is -2.10. The van der Waals surface area contributed by atoms with E-state index in [-0.39, 0.29) is 0 Å². The molecule has 0 aromatic rings. The van der Waals surface area contributed by atoms with Crippen molar-refractivity contribution in [3.05, 3.63) is 8.96 Å². The molecule has 0 saturated carbocycles. The number of hydrogen-bond acceptors (Lipinski definition) is 0. The highest BCUT2D eigenvalue weighted by molar-refractivity contribution is 9.14. The van der Waals surface area contributed by atoms with Crippen LogP contribution in [0.25, 0.3) is 0 Å². The van der Waals surface area contributed by atoms with Crippen molar-refractivity contribution in [3.8, 4) is 0 Å². The molecule has 0 unspecified atom stereocenters. The van der Waals surface area contributed by atoms with Crippen LogP contribution in [0.15, 0.2) is 8.96 Å². The molecule has 0 N–H and O–H groups in total. The Morgan fingerprint density at radius 1 is 0.667 bits per heavy atom. The lowest BCUT2D eigenvalue weighted by molar-refractivity contribution is -0.102. The molecule has 8 heteroatoms. The van der Waals surface area contributed by atoms with Crippen LogP contribution in [-0.4, -0.2) is 12.4 Å². The summed E-state index contributed by atoms with van der Waals surface area (Å²) in [4.78, 5) is 0. The first-order chi connectivity index (χ1) is 5.07. The lowest BCUT2D eigenvalue weighted by Crippen LogP contribution is -2.15. The fraction of sp³-hybridized carbons (Fsp3) is 0.500. The van der Waals surface area contributed by atoms with Crippen molar-refractivity contribution in [2.24, 2.45) is 0 Å². The predicted octanol–water partition coefficient (Wildman–Crippen LogP) is 4.11. The third-order valence-electron chi connectivity index (χ3n) is 0.690. The zero-order chi connectivity index (χ0) is 10.2. The molecule has 0 fully saturated rings. The van der Waals surface area contributed by atoms with Crippen molar-refractivity contribution < 1.29 is 26.3 Å². The van der Waals surface area contributed by atoms with Crippen molar-refractivity contribution in [3.63, 3.8) is 0 Å². The summed E-state index contributed by atoms with van der Waals surface area (Å²) in [6.45, 7) is 0. The molecule has 0 heterocycles. The standard InChI is InChI=1S/C4Br2F6/c5-1(3(7,8)9)2(6)4(10,11)12/b2-1-. The SMILES string of the molecule is FC(F)(F)/C(Br)=C(/Br)C(F)(F)F. The summed E-state index contributed by atoms with van der Waals surface area (Å²) in [5, 5.41) is 0. The average molecular weight is 322 g/mol. The van der Waals surface area contributed by atoms with Gasteiger partial charge in [-0.05, 0) is 31.9 Å². The van der Waals surface area contributed by atoms with E-state index in [0.29, 0.717) is 0 Å². The Morgan fingerprint density at radius 3 is 0.917 bits per heavy atom. The topological polar surface area (TPSA) is 0 Å². The van der Waals surface area contributed by atoms with Gasteiger partial charge in [0.2, 0.25) is 0 Å². The summed E-state index contributed by atoms with van der Waals surface area (Å²) in [6.07, 6.45) is -10.1. The lowest BCUT2D eigenvalue weighted by atomic mass is 10.5. The van der Waals surface area contributed by atoms with Gasteiger partial charge in [-0.15, -0.1) is 0 Å². The molecule has 0 rings (SSSR count). The van der Waals surface area contributed by atoms with E-state index in [4.69, 9.17) is 0 Å². The van der Waals surface area contributed by atoms with Gasteiger partial charge in [0.1, 0.15) is 8.96 Å². The second kappa shape index (κ2) is 3.57. The Kier molecular flexibility index (Phi) is 3.65. The normalized spacial score (nSPS) is 16.0. The highest BCUT2D eigenvalue weighted by Crippen LogP contribution is 2.42. The molecule has 0 aliphatic rings. The molecule has 0 aliphatic carbocycles. The first-order valence-electron chi connectivity index (χ1n) is 2.26. The van der Waals surface area contributed by atoms with Gasteiger partial charge in [0.05, 0.1) is 0 Å². The van der Waals surface area contributed by atoms with Gasteiger partial charge in [0.25, 0.3) is 0 Å². The molecular formula is C4Br2F6. The summed E-state index contributed by atoms with van der Waals surface area (Å²) in [7, 11) is 0. The number of halogens is 8. The molecule has 0 radical (unpaired) electrons. The second-order valence-corrected chi connectivity index (χ2v) is 3.21. The maximum atomic E-state index is 11.6. The fourth-order valence-corrected chi connectivity index (χ4v) is 0.698. The second-order valence-electron chi connectivity index (χ2n) is 1.62. The van der Waals surface area contributed by atoms with E-state index in [0.717, 1.165) is 0 Å². The first kappa shape index (κ1) is 12.3. The van der Waals surface area contributed by atoms with Crippen LogP contribution < -0.4 is 0 Å². The van der Waals surface area contributed by atoms with Crippen molar-refractivity contribution >= 4 is 31.9 Å². The predicted molar refractivity (Wildman–Crippen MR) is 37.0 cm³/mol. The molecule has 0 amide bonds. The first-order valence-corrected chi connectivity index (χ1v) is 3.85. The molecular weight excluding hydrogens is 322 g/mol. The Hall–Kier alpha value is 0.280. The Morgan fingerprint density at radius 2 is 0.833 bits per heavy atom. The number of allylic oxidation sites excluding steroid dienone is 2. The van der Waals surface area contributed by atoms with E-state index in [1.165, 1.54) is 0 Å². The van der Waals surface area contributed by atoms with Crippen LogP contribution in [0.1, 0.15) is 0 Å². The van der Waals surface area contributed by atoms with Crippen LogP contribution in [0, 0.1) is 0 Å². The summed E-state index contributed by atoms with van der Waals surface area (Å²) in [5.74, 6) is 0. The quantitative estimate of drug-likeness (QED) is 0.589. The Labute approximate surface area is 79.9 Å². The van der Waals surface area contributed by atoms with Crippen LogP contribution in [0.5, 0.6) is 0 Å². The van der Waals surface area contributed by atoms with Gasteiger partial charge in [0.15, 0.2) is 0 Å². The zero-order valence-electron chi connectivity index (χ0n) is 5.02. The minimum atomic E-state index is -5.03. The minimum absolute atomic E-state index is 1.79. The molecule has 0 aliphatic heterocycles. The Balaban J connectivity index is 4.96. The monoisotopic (exact) mass is 320 g/mol. The third-order valence-corrected chi connectivity index (χ3v) is 2.91. The van der Waals surface area contributed by atoms with Gasteiger partial charge in [-0.3, -0.25) is 0 Å². The molecule has 72 valence electrons. The van der Waals surface area contributed by atoms with Crippen molar-refractivity contribution in [1.29, 1.82) is 0 Å². The molecule has 0 spiro atoms. The maximum absolute atomic E-state index is 11.6. The van der Waals surface area contributed by atoms with Gasteiger partial charge in [0, 0.05) is 0 Å². The van der Waals surface area contributed by atoms with E-state index >= 15 is 0 Å². The van der Waals surface area contributed by atoms with Gasteiger partial charge < -0.3 is 0 Å². The van der Waals surface area contributed by atoms with Crippen LogP contribution in [0.3, 0.4) is 0 Å². The van der Waals surface area contributed by atoms with E-state index in [1.807, 2.05) is 0 Å². The molecule has 12 heavy (non-hydrogen) atoms. The molecule has 0 aromatic carbocycles. The molecule has 0 aromatic heterocycles. The fourth-order valence-electron chi connectivity index (χ4n) is 0.249. The van der Waals surface area contributed by atoms with Gasteiger partial charge in [-0.25, -0.2) is 0 Å². The summed E-state index contributed by atoms with van der Waals surface area (Å²) < 4.78 is 65.8. The summed E-state index contributed by atoms with van der Waals surface area (Å²) in [6, 6.07) is 0. The molecule has 0 saturated heterocycles. The average Bonchev–Trinajstić information content (AvgIpc) is 1.80. The highest BCUT2D eigenvalue weighted by atomic mass is 79.9. The van der Waals surface area contributed by atoms with Crippen molar-refractivity contribution in [1.82, 2.24) is 0 Å². The van der Waals surface area contributed by atoms with Gasteiger partial charge >= 0.3 is 12.4 Å². The summed E-state index contributed by atoms with van der Waals surface area (Å²) in [5.41, 5.74) is 0. The van der Waals surface area contributed by atoms with Crippen molar-refractivity contribution in [2.75, 3.05) is 0 Å². The van der Waals surface area contributed by atoms with Gasteiger partial charge in [-0.1, -0.05) is 0 Å². The smallest absolute Gasteiger partial charge is 0.166 e. The van der Waals surface area contributed by atoms with E-state index in [2.05, 4.69) is 0 Å². The van der Waals surface area contributed by atoms with E-state index < -0.39 is 21.3 Å². The minimum Gasteiger partial charge on any atom is -0.166 e. The number of rotatable bonds is 0. The Bertz CT molecular complexity index is 177. The zero-order valence-corrected chi connectivity index (χ0v) is 8.20.